The van der Waals surface area contributed by atoms with E-state index in [9.17, 15) is 9.59 Å². The van der Waals surface area contributed by atoms with E-state index in [4.69, 9.17) is 4.74 Å². The van der Waals surface area contributed by atoms with Gasteiger partial charge in [-0.1, -0.05) is 6.42 Å². The molecule has 6 nitrogen and oxygen atoms in total. The Morgan fingerprint density at radius 2 is 2.27 bits per heavy atom. The number of hydrogen-bond acceptors (Lipinski definition) is 4. The quantitative estimate of drug-likeness (QED) is 0.482. The number of thioether (sulfide) groups is 1. The van der Waals surface area contributed by atoms with Crippen LogP contribution >= 0.6 is 11.8 Å². The average molecular weight is 327 g/mol. The van der Waals surface area contributed by atoms with E-state index in [1.54, 1.807) is 0 Å². The number of amides is 3. The van der Waals surface area contributed by atoms with Crippen molar-refractivity contribution in [2.45, 2.75) is 62.0 Å². The first-order valence-electron chi connectivity index (χ1n) is 8.29. The van der Waals surface area contributed by atoms with Gasteiger partial charge in [-0.25, -0.2) is 4.79 Å². The summed E-state index contributed by atoms with van der Waals surface area (Å²) in [5, 5.41) is 9.40. The fourth-order valence-corrected chi connectivity index (χ4v) is 4.94. The van der Waals surface area contributed by atoms with Crippen LogP contribution in [0, 0.1) is 0 Å². The van der Waals surface area contributed by atoms with E-state index in [-0.39, 0.29) is 30.1 Å². The second kappa shape index (κ2) is 7.55. The Hall–Kier alpha value is -0.950. The zero-order valence-electron chi connectivity index (χ0n) is 12.8. The van der Waals surface area contributed by atoms with Gasteiger partial charge in [0, 0.05) is 30.6 Å². The summed E-state index contributed by atoms with van der Waals surface area (Å²) in [5.41, 5.74) is 0. The second-order valence-electron chi connectivity index (χ2n) is 6.31. The number of hydrogen-bond donors (Lipinski definition) is 3. The van der Waals surface area contributed by atoms with E-state index in [1.807, 2.05) is 11.8 Å². The predicted molar refractivity (Wildman–Crippen MR) is 85.9 cm³/mol. The molecule has 3 aliphatic heterocycles. The Morgan fingerprint density at radius 1 is 1.36 bits per heavy atom. The molecule has 3 rings (SSSR count). The van der Waals surface area contributed by atoms with Gasteiger partial charge < -0.3 is 20.7 Å². The van der Waals surface area contributed by atoms with E-state index < -0.39 is 0 Å². The summed E-state index contributed by atoms with van der Waals surface area (Å²) < 4.78 is 5.49. The monoisotopic (exact) mass is 327 g/mol. The van der Waals surface area contributed by atoms with Crippen LogP contribution in [0.5, 0.6) is 0 Å². The van der Waals surface area contributed by atoms with Crippen LogP contribution in [0.2, 0.25) is 0 Å². The molecular formula is C15H25N3O3S. The molecule has 3 fully saturated rings. The predicted octanol–water partition coefficient (Wildman–Crippen LogP) is 1.01. The Kier molecular flexibility index (Phi) is 5.46. The largest absolute Gasteiger partial charge is 0.376 e. The van der Waals surface area contributed by atoms with Crippen molar-refractivity contribution < 1.29 is 14.3 Å². The molecule has 0 unspecified atom stereocenters. The lowest BCUT2D eigenvalue weighted by Crippen LogP contribution is -2.36. The molecule has 0 saturated carbocycles. The maximum absolute atomic E-state index is 11.8. The van der Waals surface area contributed by atoms with Gasteiger partial charge in [-0.15, -0.1) is 0 Å². The number of ether oxygens (including phenoxy) is 1. The average Bonchev–Trinajstić information content (AvgIpc) is 3.19. The molecule has 124 valence electrons. The van der Waals surface area contributed by atoms with Crippen LogP contribution in [-0.2, 0) is 9.53 Å². The van der Waals surface area contributed by atoms with Crippen molar-refractivity contribution in [2.24, 2.45) is 0 Å². The van der Waals surface area contributed by atoms with Gasteiger partial charge in [0.15, 0.2) is 0 Å². The number of unbranched alkanes of at least 4 members (excludes halogenated alkanes) is 1. The van der Waals surface area contributed by atoms with Crippen molar-refractivity contribution in [3.8, 4) is 0 Å². The minimum absolute atomic E-state index is 0.0335. The smallest absolute Gasteiger partial charge is 0.315 e. The third-order valence-electron chi connectivity index (χ3n) is 4.63. The van der Waals surface area contributed by atoms with Crippen molar-refractivity contribution in [3.05, 3.63) is 0 Å². The van der Waals surface area contributed by atoms with E-state index in [1.165, 1.54) is 0 Å². The fourth-order valence-electron chi connectivity index (χ4n) is 3.40. The molecule has 0 spiro atoms. The van der Waals surface area contributed by atoms with Crippen LogP contribution in [0.15, 0.2) is 0 Å². The Labute approximate surface area is 135 Å². The second-order valence-corrected chi connectivity index (χ2v) is 7.58. The summed E-state index contributed by atoms with van der Waals surface area (Å²) in [6.07, 6.45) is 5.97. The molecule has 3 aliphatic rings. The molecule has 0 bridgehead atoms. The lowest BCUT2D eigenvalue weighted by atomic mass is 10.0. The molecule has 22 heavy (non-hydrogen) atoms. The molecule has 0 aliphatic carbocycles. The van der Waals surface area contributed by atoms with Crippen LogP contribution in [-0.4, -0.2) is 54.3 Å². The summed E-state index contributed by atoms with van der Waals surface area (Å²) >= 11 is 1.93. The first-order valence-corrected chi connectivity index (χ1v) is 9.34. The van der Waals surface area contributed by atoms with Gasteiger partial charge in [0.05, 0.1) is 18.2 Å². The minimum atomic E-state index is -0.0335. The van der Waals surface area contributed by atoms with Crippen LogP contribution in [0.1, 0.15) is 38.5 Å². The van der Waals surface area contributed by atoms with Crippen LogP contribution in [0.25, 0.3) is 0 Å². The van der Waals surface area contributed by atoms with Gasteiger partial charge in [0.2, 0.25) is 5.91 Å². The number of carbonyl (C=O) groups excluding carboxylic acids is 2. The first kappa shape index (κ1) is 15.9. The van der Waals surface area contributed by atoms with E-state index >= 15 is 0 Å². The molecule has 3 N–H and O–H groups in total. The lowest BCUT2D eigenvalue weighted by Gasteiger charge is -2.16. The highest BCUT2D eigenvalue weighted by Crippen LogP contribution is 2.33. The first-order chi connectivity index (χ1) is 10.7. The molecule has 3 amide bonds. The number of rotatable bonds is 7. The van der Waals surface area contributed by atoms with Crippen LogP contribution in [0.3, 0.4) is 0 Å². The summed E-state index contributed by atoms with van der Waals surface area (Å²) in [6.45, 7) is 1.48. The van der Waals surface area contributed by atoms with Gasteiger partial charge in [0.25, 0.3) is 0 Å². The molecule has 0 aromatic carbocycles. The fraction of sp³-hybridized carbons (Fsp3) is 0.867. The van der Waals surface area contributed by atoms with Crippen molar-refractivity contribution in [1.82, 2.24) is 16.0 Å². The molecule has 3 heterocycles. The molecule has 4 atom stereocenters. The van der Waals surface area contributed by atoms with Gasteiger partial charge in [-0.05, 0) is 25.7 Å². The van der Waals surface area contributed by atoms with Crippen molar-refractivity contribution >= 4 is 23.7 Å². The summed E-state index contributed by atoms with van der Waals surface area (Å²) in [6, 6.07) is 0.525. The summed E-state index contributed by atoms with van der Waals surface area (Å²) in [7, 11) is 0. The summed E-state index contributed by atoms with van der Waals surface area (Å²) in [4.78, 5) is 23.1. The zero-order chi connectivity index (χ0) is 15.4. The van der Waals surface area contributed by atoms with E-state index in [0.29, 0.717) is 18.2 Å². The maximum atomic E-state index is 11.8. The molecule has 3 saturated heterocycles. The maximum Gasteiger partial charge on any atom is 0.315 e. The van der Waals surface area contributed by atoms with Crippen LogP contribution < -0.4 is 16.0 Å². The van der Waals surface area contributed by atoms with E-state index in [0.717, 1.165) is 44.5 Å². The number of nitrogens with one attached hydrogen (secondary N) is 3. The molecule has 0 radical (unpaired) electrons. The van der Waals surface area contributed by atoms with Crippen molar-refractivity contribution in [2.75, 3.05) is 18.9 Å². The van der Waals surface area contributed by atoms with Gasteiger partial charge >= 0.3 is 6.03 Å². The number of fused-ring (bicyclic) bond motifs is 1. The third-order valence-corrected chi connectivity index (χ3v) is 6.14. The van der Waals surface area contributed by atoms with E-state index in [2.05, 4.69) is 16.0 Å². The Morgan fingerprint density at radius 3 is 3.09 bits per heavy atom. The SMILES string of the molecule is O=C(CCCC[C@@H]1SC[C@@H]2NC(=O)N[C@@H]21)NC[C@H]1CCCO1. The molecule has 0 aromatic heterocycles. The zero-order valence-corrected chi connectivity index (χ0v) is 13.6. The van der Waals surface area contributed by atoms with Gasteiger partial charge in [0.1, 0.15) is 0 Å². The highest BCUT2D eigenvalue weighted by molar-refractivity contribution is 8.00. The van der Waals surface area contributed by atoms with Gasteiger partial charge in [-0.3, -0.25) is 4.79 Å². The van der Waals surface area contributed by atoms with Crippen molar-refractivity contribution in [1.29, 1.82) is 0 Å². The molecule has 7 heteroatoms. The Bertz CT molecular complexity index is 415. The Balaban J connectivity index is 1.26. The molecular weight excluding hydrogens is 302 g/mol. The summed E-state index contributed by atoms with van der Waals surface area (Å²) in [5.74, 6) is 1.12. The topological polar surface area (TPSA) is 79.5 Å². The number of urea groups is 1. The van der Waals surface area contributed by atoms with Crippen molar-refractivity contribution in [3.63, 3.8) is 0 Å². The highest BCUT2D eigenvalue weighted by Gasteiger charge is 2.42. The lowest BCUT2D eigenvalue weighted by molar-refractivity contribution is -0.121. The van der Waals surface area contributed by atoms with Gasteiger partial charge in [-0.2, -0.15) is 11.8 Å². The normalized spacial score (nSPS) is 33.4. The van der Waals surface area contributed by atoms with Crippen LogP contribution in [0.4, 0.5) is 4.79 Å². The molecule has 0 aromatic rings. The highest BCUT2D eigenvalue weighted by atomic mass is 32.2. The minimum Gasteiger partial charge on any atom is -0.376 e. The standard InChI is InChI=1S/C15H25N3O3S/c19-13(16-8-10-4-3-7-21-10)6-2-1-5-12-14-11(9-22-12)17-15(20)18-14/h10-12,14H,1-9H2,(H,16,19)(H2,17,18,20)/t10-,11+,12+,14+/m1/s1. The number of carbonyl (C=O) groups is 2. The third kappa shape index (κ3) is 4.07.